The van der Waals surface area contributed by atoms with Gasteiger partial charge in [-0.3, -0.25) is 9.59 Å². The van der Waals surface area contributed by atoms with E-state index in [4.69, 9.17) is 22.1 Å². The van der Waals surface area contributed by atoms with Crippen LogP contribution in [0.5, 0.6) is 5.75 Å². The lowest BCUT2D eigenvalue weighted by molar-refractivity contribution is -0.120. The second-order valence-electron chi connectivity index (χ2n) is 5.91. The van der Waals surface area contributed by atoms with Crippen molar-refractivity contribution < 1.29 is 14.3 Å². The van der Waals surface area contributed by atoms with Gasteiger partial charge in [0.05, 0.1) is 4.91 Å². The Labute approximate surface area is 166 Å². The van der Waals surface area contributed by atoms with E-state index in [9.17, 15) is 9.59 Å². The molecule has 0 aromatic heterocycles. The average molecular weight is 404 g/mol. The van der Waals surface area contributed by atoms with Crippen molar-refractivity contribution >= 4 is 46.9 Å². The van der Waals surface area contributed by atoms with Crippen LogP contribution in [0, 0.1) is 6.92 Å². The molecule has 1 aliphatic rings. The van der Waals surface area contributed by atoms with Crippen LogP contribution in [-0.2, 0) is 9.59 Å². The molecule has 1 saturated heterocycles. The smallest absolute Gasteiger partial charge is 0.260 e. The van der Waals surface area contributed by atoms with Gasteiger partial charge in [-0.15, -0.1) is 0 Å². The van der Waals surface area contributed by atoms with Gasteiger partial charge in [0.25, 0.3) is 11.8 Å². The number of anilines is 1. The summed E-state index contributed by atoms with van der Waals surface area (Å²) in [6.07, 6.45) is 1.80. The first-order chi connectivity index (χ1) is 12.9. The van der Waals surface area contributed by atoms with Gasteiger partial charge in [-0.25, -0.2) is 0 Å². The first-order valence-corrected chi connectivity index (χ1v) is 9.39. The Hall–Kier alpha value is -2.64. The Morgan fingerprint density at radius 1 is 1.33 bits per heavy atom. The third-order valence-electron chi connectivity index (χ3n) is 3.78. The van der Waals surface area contributed by atoms with Crippen LogP contribution in [0.2, 0.25) is 5.02 Å². The minimum atomic E-state index is -0.534. The Balaban J connectivity index is 1.66. The summed E-state index contributed by atoms with van der Waals surface area (Å²) in [6, 6.07) is 12.6. The fourth-order valence-corrected chi connectivity index (χ4v) is 3.57. The molecule has 1 fully saturated rings. The summed E-state index contributed by atoms with van der Waals surface area (Å²) in [6.45, 7) is 1.80. The van der Waals surface area contributed by atoms with Crippen molar-refractivity contribution in [2.45, 2.75) is 12.4 Å². The number of rotatable bonds is 6. The van der Waals surface area contributed by atoms with E-state index in [1.165, 1.54) is 11.8 Å². The van der Waals surface area contributed by atoms with Gasteiger partial charge in [0, 0.05) is 10.7 Å². The zero-order valence-corrected chi connectivity index (χ0v) is 16.1. The summed E-state index contributed by atoms with van der Waals surface area (Å²) < 4.78 is 5.22. The number of ether oxygens (including phenoxy) is 1. The minimum absolute atomic E-state index is 0.147. The quantitative estimate of drug-likeness (QED) is 0.644. The molecule has 2 aromatic rings. The van der Waals surface area contributed by atoms with Gasteiger partial charge in [-0.1, -0.05) is 41.6 Å². The van der Waals surface area contributed by atoms with Gasteiger partial charge in [-0.2, -0.15) is 0 Å². The molecule has 1 unspecified atom stereocenters. The predicted molar refractivity (Wildman–Crippen MR) is 108 cm³/mol. The summed E-state index contributed by atoms with van der Waals surface area (Å²) in [7, 11) is 0. The standard InChI is InChI=1S/C19H18ClN3O3S/c1-11-2-5-13(20)9-15(11)22-19-23-18(25)16(27-19)8-12-3-6-14(7-4-12)26-10-17(21)24/h2-9,19,22H,10H2,1H3,(H2,21,24)(H,23,25)/b16-8-. The topological polar surface area (TPSA) is 93.4 Å². The second-order valence-corrected chi connectivity index (χ2v) is 7.49. The number of amides is 2. The highest BCUT2D eigenvalue weighted by Crippen LogP contribution is 2.31. The van der Waals surface area contributed by atoms with Crippen LogP contribution in [0.15, 0.2) is 47.4 Å². The van der Waals surface area contributed by atoms with Crippen LogP contribution >= 0.6 is 23.4 Å². The molecule has 0 aliphatic carbocycles. The van der Waals surface area contributed by atoms with E-state index in [0.717, 1.165) is 16.8 Å². The van der Waals surface area contributed by atoms with Crippen molar-refractivity contribution in [1.29, 1.82) is 0 Å². The number of hydrogen-bond acceptors (Lipinski definition) is 5. The molecular formula is C19H18ClN3O3S. The molecule has 0 saturated carbocycles. The molecule has 6 nitrogen and oxygen atoms in total. The maximum Gasteiger partial charge on any atom is 0.260 e. The number of aryl methyl sites for hydroxylation is 1. The van der Waals surface area contributed by atoms with Gasteiger partial charge >= 0.3 is 0 Å². The van der Waals surface area contributed by atoms with Crippen LogP contribution < -0.4 is 21.1 Å². The molecule has 1 heterocycles. The molecular weight excluding hydrogens is 386 g/mol. The molecule has 1 aliphatic heterocycles. The lowest BCUT2D eigenvalue weighted by Gasteiger charge is -2.15. The molecule has 8 heteroatoms. The molecule has 27 heavy (non-hydrogen) atoms. The Morgan fingerprint density at radius 2 is 2.07 bits per heavy atom. The van der Waals surface area contributed by atoms with E-state index in [1.54, 1.807) is 30.3 Å². The van der Waals surface area contributed by atoms with Gasteiger partial charge in [0.1, 0.15) is 5.75 Å². The molecule has 0 bridgehead atoms. The Morgan fingerprint density at radius 3 is 2.78 bits per heavy atom. The van der Waals surface area contributed by atoms with Crippen LogP contribution in [0.1, 0.15) is 11.1 Å². The Kier molecular flexibility index (Phi) is 5.93. The number of primary amides is 1. The molecule has 0 radical (unpaired) electrons. The number of nitrogens with two attached hydrogens (primary N) is 1. The number of thioether (sulfide) groups is 1. The summed E-state index contributed by atoms with van der Waals surface area (Å²) in [5.41, 5.74) is 7.53. The number of benzene rings is 2. The zero-order valence-electron chi connectivity index (χ0n) is 14.5. The third kappa shape index (κ3) is 5.18. The second kappa shape index (κ2) is 8.37. The normalized spacial score (nSPS) is 17.6. The SMILES string of the molecule is Cc1ccc(Cl)cc1NC1NC(=O)/C(=C/c2ccc(OCC(N)=O)cc2)S1. The minimum Gasteiger partial charge on any atom is -0.484 e. The lowest BCUT2D eigenvalue weighted by Crippen LogP contribution is -2.31. The van der Waals surface area contributed by atoms with E-state index < -0.39 is 5.91 Å². The van der Waals surface area contributed by atoms with Crippen LogP contribution in [-0.4, -0.2) is 23.9 Å². The Bertz CT molecular complexity index is 900. The summed E-state index contributed by atoms with van der Waals surface area (Å²) >= 11 is 7.43. The number of carbonyl (C=O) groups is 2. The first-order valence-electron chi connectivity index (χ1n) is 8.14. The van der Waals surface area contributed by atoms with E-state index in [0.29, 0.717) is 15.7 Å². The van der Waals surface area contributed by atoms with Gasteiger partial charge < -0.3 is 21.1 Å². The first kappa shape index (κ1) is 19.1. The van der Waals surface area contributed by atoms with E-state index >= 15 is 0 Å². The third-order valence-corrected chi connectivity index (χ3v) is 5.04. The largest absolute Gasteiger partial charge is 0.484 e. The number of nitrogens with one attached hydrogen (secondary N) is 2. The van der Waals surface area contributed by atoms with E-state index in [-0.39, 0.29) is 18.0 Å². The molecule has 4 N–H and O–H groups in total. The van der Waals surface area contributed by atoms with E-state index in [1.807, 2.05) is 25.1 Å². The fourth-order valence-electron chi connectivity index (χ4n) is 2.42. The molecule has 3 rings (SSSR count). The fraction of sp³-hybridized carbons (Fsp3) is 0.158. The van der Waals surface area contributed by atoms with Crippen molar-refractivity contribution in [1.82, 2.24) is 5.32 Å². The van der Waals surface area contributed by atoms with Gasteiger partial charge in [0.2, 0.25) is 0 Å². The lowest BCUT2D eigenvalue weighted by atomic mass is 10.2. The van der Waals surface area contributed by atoms with Crippen molar-refractivity contribution in [2.24, 2.45) is 5.73 Å². The van der Waals surface area contributed by atoms with Crippen molar-refractivity contribution in [3.63, 3.8) is 0 Å². The maximum atomic E-state index is 12.2. The van der Waals surface area contributed by atoms with Crippen LogP contribution in [0.3, 0.4) is 0 Å². The number of hydrogen-bond donors (Lipinski definition) is 3. The molecule has 1 atom stereocenters. The summed E-state index contributed by atoms with van der Waals surface area (Å²) in [4.78, 5) is 23.6. The van der Waals surface area contributed by atoms with E-state index in [2.05, 4.69) is 10.6 Å². The molecule has 2 aromatic carbocycles. The molecule has 140 valence electrons. The van der Waals surface area contributed by atoms with Gasteiger partial charge in [-0.05, 0) is 48.4 Å². The number of halogens is 1. The van der Waals surface area contributed by atoms with Gasteiger partial charge in [0.15, 0.2) is 12.1 Å². The number of carbonyl (C=O) groups excluding carboxylic acids is 2. The summed E-state index contributed by atoms with van der Waals surface area (Å²) in [5, 5.41) is 6.79. The molecule has 2 amide bonds. The zero-order chi connectivity index (χ0) is 19.4. The monoisotopic (exact) mass is 403 g/mol. The van der Waals surface area contributed by atoms with Crippen LogP contribution in [0.4, 0.5) is 5.69 Å². The van der Waals surface area contributed by atoms with Crippen molar-refractivity contribution in [3.05, 3.63) is 63.5 Å². The predicted octanol–water partition coefficient (Wildman–Crippen LogP) is 3.11. The van der Waals surface area contributed by atoms with Crippen LogP contribution in [0.25, 0.3) is 6.08 Å². The highest BCUT2D eigenvalue weighted by Gasteiger charge is 2.27. The summed E-state index contributed by atoms with van der Waals surface area (Å²) in [5.74, 6) is -0.143. The highest BCUT2D eigenvalue weighted by atomic mass is 35.5. The van der Waals surface area contributed by atoms with Crippen molar-refractivity contribution in [3.8, 4) is 5.75 Å². The molecule has 0 spiro atoms. The maximum absolute atomic E-state index is 12.2. The van der Waals surface area contributed by atoms with Crippen molar-refractivity contribution in [2.75, 3.05) is 11.9 Å². The highest BCUT2D eigenvalue weighted by molar-refractivity contribution is 8.05. The average Bonchev–Trinajstić information content (AvgIpc) is 2.96.